The average molecular weight is 356 g/mol. The normalized spacial score (nSPS) is 12.7. The van der Waals surface area contributed by atoms with Crippen LogP contribution in [0.2, 0.25) is 0 Å². The number of aromatic nitrogens is 1. The van der Waals surface area contributed by atoms with Crippen molar-refractivity contribution in [2.75, 3.05) is 11.4 Å². The van der Waals surface area contributed by atoms with Crippen molar-refractivity contribution in [1.29, 1.82) is 0 Å². The molecule has 23 heavy (non-hydrogen) atoms. The first-order valence-electron chi connectivity index (χ1n) is 7.26. The molecule has 0 aliphatic rings. The summed E-state index contributed by atoms with van der Waals surface area (Å²) in [4.78, 5) is 12.7. The lowest BCUT2D eigenvalue weighted by atomic mass is 10.0. The molecule has 1 aromatic heterocycles. The monoisotopic (exact) mass is 355 g/mol. The van der Waals surface area contributed by atoms with Crippen molar-refractivity contribution in [3.8, 4) is 11.3 Å². The summed E-state index contributed by atoms with van der Waals surface area (Å²) >= 11 is 11.6. The van der Waals surface area contributed by atoms with E-state index in [4.69, 9.17) is 33.5 Å². The number of benzene rings is 1. The molecule has 0 fully saturated rings. The number of nitrogens with zero attached hydrogens (tertiary/aromatic N) is 2. The minimum absolute atomic E-state index is 0.194. The fraction of sp³-hybridized carbons (Fsp3) is 0.375. The summed E-state index contributed by atoms with van der Waals surface area (Å²) in [7, 11) is 0. The molecule has 0 aliphatic carbocycles. The summed E-state index contributed by atoms with van der Waals surface area (Å²) in [6, 6.07) is 8.87. The molecule has 1 unspecified atom stereocenters. The molecule has 2 rings (SSSR count). The Balaban J connectivity index is 2.35. The van der Waals surface area contributed by atoms with E-state index in [0.29, 0.717) is 18.0 Å². The highest BCUT2D eigenvalue weighted by Gasteiger charge is 2.25. The minimum Gasteiger partial charge on any atom is -0.356 e. The molecular formula is C16H19Cl2N3O2. The van der Waals surface area contributed by atoms with Crippen LogP contribution < -0.4 is 10.6 Å². The topological polar surface area (TPSA) is 72.4 Å². The molecular weight excluding hydrogens is 337 g/mol. The molecule has 0 radical (unpaired) electrons. The number of hydrogen-bond acceptors (Lipinski definition) is 4. The predicted octanol–water partition coefficient (Wildman–Crippen LogP) is 3.46. The first-order valence-corrected chi connectivity index (χ1v) is 8.13. The summed E-state index contributed by atoms with van der Waals surface area (Å²) in [6.07, 6.45) is 1.56. The lowest BCUT2D eigenvalue weighted by Crippen LogP contribution is -2.45. The molecule has 0 saturated heterocycles. The van der Waals surface area contributed by atoms with Gasteiger partial charge < -0.3 is 15.2 Å². The predicted molar refractivity (Wildman–Crippen MR) is 92.6 cm³/mol. The van der Waals surface area contributed by atoms with E-state index in [1.54, 1.807) is 18.3 Å². The number of nitrogens with two attached hydrogens (primary N) is 1. The van der Waals surface area contributed by atoms with Crippen LogP contribution in [-0.2, 0) is 4.79 Å². The third kappa shape index (κ3) is 4.47. The minimum atomic E-state index is -1.15. The number of halogens is 2. The van der Waals surface area contributed by atoms with Crippen molar-refractivity contribution >= 4 is 34.8 Å². The second-order valence-corrected chi connectivity index (χ2v) is 6.68. The molecule has 0 aliphatic heterocycles. The lowest BCUT2D eigenvalue weighted by molar-refractivity contribution is -0.117. The van der Waals surface area contributed by atoms with Gasteiger partial charge in [-0.2, -0.15) is 0 Å². The first-order chi connectivity index (χ1) is 10.9. The largest absolute Gasteiger partial charge is 0.356 e. The van der Waals surface area contributed by atoms with Gasteiger partial charge in [0.2, 0.25) is 0 Å². The maximum Gasteiger partial charge on any atom is 0.260 e. The summed E-state index contributed by atoms with van der Waals surface area (Å²) in [5.74, 6) is 0.423. The number of carbonyl (C=O) groups excluding carboxylic acids is 1. The zero-order valence-electron chi connectivity index (χ0n) is 12.9. The van der Waals surface area contributed by atoms with E-state index in [-0.39, 0.29) is 12.0 Å². The van der Waals surface area contributed by atoms with Gasteiger partial charge in [-0.25, -0.2) is 0 Å². The number of rotatable bonds is 6. The fourth-order valence-corrected chi connectivity index (χ4v) is 2.29. The average Bonchev–Trinajstić information content (AvgIpc) is 3.06. The standard InChI is InChI=1S/C16H19Cl2N3O2/c1-10(2)13(19)9-21(16(22)15(17)18)12-5-3-4-11(8-12)14-6-7-20-23-14/h3-8,10,13,15H,9,19H2,1-2H3. The molecule has 0 saturated carbocycles. The van der Waals surface area contributed by atoms with Gasteiger partial charge in [0.25, 0.3) is 5.91 Å². The number of carbonyl (C=O) groups is 1. The summed E-state index contributed by atoms with van der Waals surface area (Å²) in [5, 5.41) is 3.69. The Morgan fingerprint density at radius 3 is 2.65 bits per heavy atom. The van der Waals surface area contributed by atoms with Gasteiger partial charge >= 0.3 is 0 Å². The maximum absolute atomic E-state index is 12.4. The Hall–Kier alpha value is -1.56. The molecule has 1 aromatic carbocycles. The van der Waals surface area contributed by atoms with Gasteiger partial charge in [0.05, 0.1) is 6.20 Å². The van der Waals surface area contributed by atoms with Crippen LogP contribution in [-0.4, -0.2) is 28.5 Å². The van der Waals surface area contributed by atoms with Crippen molar-refractivity contribution < 1.29 is 9.32 Å². The second-order valence-electron chi connectivity index (χ2n) is 5.58. The molecule has 0 bridgehead atoms. The Morgan fingerprint density at radius 2 is 2.09 bits per heavy atom. The Kier molecular flexibility index (Phi) is 6.04. The zero-order valence-corrected chi connectivity index (χ0v) is 14.5. The molecule has 5 nitrogen and oxygen atoms in total. The van der Waals surface area contributed by atoms with Crippen molar-refractivity contribution in [1.82, 2.24) is 5.16 Å². The zero-order chi connectivity index (χ0) is 17.0. The van der Waals surface area contributed by atoms with E-state index < -0.39 is 10.7 Å². The summed E-state index contributed by atoms with van der Waals surface area (Å²) in [5.41, 5.74) is 7.58. The number of anilines is 1. The van der Waals surface area contributed by atoms with Gasteiger partial charge in [0, 0.05) is 29.9 Å². The highest BCUT2D eigenvalue weighted by molar-refractivity contribution is 6.54. The lowest BCUT2D eigenvalue weighted by Gasteiger charge is -2.28. The quantitative estimate of drug-likeness (QED) is 0.805. The summed E-state index contributed by atoms with van der Waals surface area (Å²) in [6.45, 7) is 4.32. The van der Waals surface area contributed by atoms with E-state index in [9.17, 15) is 4.79 Å². The highest BCUT2D eigenvalue weighted by atomic mass is 35.5. The van der Waals surface area contributed by atoms with Crippen LogP contribution in [0.15, 0.2) is 41.1 Å². The van der Waals surface area contributed by atoms with Crippen LogP contribution in [0.1, 0.15) is 13.8 Å². The van der Waals surface area contributed by atoms with Crippen LogP contribution in [0.3, 0.4) is 0 Å². The van der Waals surface area contributed by atoms with Crippen molar-refractivity contribution in [3.05, 3.63) is 36.5 Å². The third-order valence-electron chi connectivity index (χ3n) is 3.58. The van der Waals surface area contributed by atoms with Crippen molar-refractivity contribution in [2.45, 2.75) is 24.7 Å². The van der Waals surface area contributed by atoms with Crippen LogP contribution in [0.5, 0.6) is 0 Å². The molecule has 0 spiro atoms. The SMILES string of the molecule is CC(C)C(N)CN(C(=O)C(Cl)Cl)c1cccc(-c2ccno2)c1. The first kappa shape index (κ1) is 17.8. The molecule has 1 heterocycles. The molecule has 124 valence electrons. The van der Waals surface area contributed by atoms with Crippen LogP contribution in [0.25, 0.3) is 11.3 Å². The second kappa shape index (κ2) is 7.81. The summed E-state index contributed by atoms with van der Waals surface area (Å²) < 4.78 is 5.15. The molecule has 1 atom stereocenters. The number of alkyl halides is 2. The van der Waals surface area contributed by atoms with Crippen LogP contribution in [0.4, 0.5) is 5.69 Å². The fourth-order valence-electron chi connectivity index (χ4n) is 2.05. The molecule has 2 N–H and O–H groups in total. The van der Waals surface area contributed by atoms with E-state index in [2.05, 4.69) is 5.16 Å². The van der Waals surface area contributed by atoms with Gasteiger partial charge in [-0.05, 0) is 18.1 Å². The van der Waals surface area contributed by atoms with Gasteiger partial charge in [0.15, 0.2) is 10.6 Å². The van der Waals surface area contributed by atoms with E-state index in [0.717, 1.165) is 5.56 Å². The van der Waals surface area contributed by atoms with Gasteiger partial charge in [0.1, 0.15) is 0 Å². The number of amides is 1. The molecule has 1 amide bonds. The molecule has 7 heteroatoms. The Morgan fingerprint density at radius 1 is 1.35 bits per heavy atom. The third-order valence-corrected chi connectivity index (χ3v) is 3.96. The van der Waals surface area contributed by atoms with Gasteiger partial charge in [-0.1, -0.05) is 54.3 Å². The van der Waals surface area contributed by atoms with E-state index >= 15 is 0 Å². The van der Waals surface area contributed by atoms with Crippen LogP contribution >= 0.6 is 23.2 Å². The Labute approximate surface area is 145 Å². The Bertz CT molecular complexity index is 645. The highest BCUT2D eigenvalue weighted by Crippen LogP contribution is 2.26. The van der Waals surface area contributed by atoms with Gasteiger partial charge in [-0.15, -0.1) is 0 Å². The molecule has 2 aromatic rings. The van der Waals surface area contributed by atoms with Crippen molar-refractivity contribution in [3.63, 3.8) is 0 Å². The number of hydrogen-bond donors (Lipinski definition) is 1. The van der Waals surface area contributed by atoms with E-state index in [1.165, 1.54) is 4.90 Å². The van der Waals surface area contributed by atoms with Crippen LogP contribution in [0, 0.1) is 5.92 Å². The van der Waals surface area contributed by atoms with E-state index in [1.807, 2.05) is 32.0 Å². The van der Waals surface area contributed by atoms with Gasteiger partial charge in [-0.3, -0.25) is 4.79 Å². The smallest absolute Gasteiger partial charge is 0.260 e. The maximum atomic E-state index is 12.4. The van der Waals surface area contributed by atoms with Crippen molar-refractivity contribution in [2.24, 2.45) is 11.7 Å².